The zero-order valence-corrected chi connectivity index (χ0v) is 12.1. The van der Waals surface area contributed by atoms with E-state index in [1.165, 1.54) is 24.3 Å². The van der Waals surface area contributed by atoms with E-state index in [1.807, 2.05) is 0 Å². The molecule has 0 unspecified atom stereocenters. The lowest BCUT2D eigenvalue weighted by molar-refractivity contribution is 0.0817. The molecule has 0 bridgehead atoms. The highest BCUT2D eigenvalue weighted by Crippen LogP contribution is 2.33. The van der Waals surface area contributed by atoms with Gasteiger partial charge in [-0.1, -0.05) is 23.2 Å². The van der Waals surface area contributed by atoms with Gasteiger partial charge in [0, 0.05) is 16.1 Å². The number of ketones is 2. The molecular formula is C15H8Cl2O4. The van der Waals surface area contributed by atoms with Crippen LogP contribution in [0.4, 0.5) is 0 Å². The van der Waals surface area contributed by atoms with Crippen LogP contribution in [0.2, 0.25) is 10.0 Å². The van der Waals surface area contributed by atoms with E-state index in [4.69, 9.17) is 32.7 Å². The second-order valence-corrected chi connectivity index (χ2v) is 5.19. The molecule has 4 nitrogen and oxygen atoms in total. The summed E-state index contributed by atoms with van der Waals surface area (Å²) in [5.41, 5.74) is 0.284. The number of hydrogen-bond acceptors (Lipinski definition) is 4. The first-order chi connectivity index (χ1) is 10.1. The Morgan fingerprint density at radius 1 is 0.905 bits per heavy atom. The molecule has 6 heteroatoms. The fourth-order valence-corrected chi connectivity index (χ4v) is 2.34. The van der Waals surface area contributed by atoms with Gasteiger partial charge in [0.25, 0.3) is 0 Å². The molecule has 0 spiro atoms. The predicted molar refractivity (Wildman–Crippen MR) is 77.7 cm³/mol. The van der Waals surface area contributed by atoms with Crippen LogP contribution in [0.25, 0.3) is 0 Å². The van der Waals surface area contributed by atoms with Gasteiger partial charge in [-0.05, 0) is 36.4 Å². The first-order valence-corrected chi connectivity index (χ1v) is 6.75. The summed E-state index contributed by atoms with van der Waals surface area (Å²) in [6.07, 6.45) is 0. The third-order valence-corrected chi connectivity index (χ3v) is 3.58. The van der Waals surface area contributed by atoms with Gasteiger partial charge in [0.1, 0.15) is 0 Å². The monoisotopic (exact) mass is 322 g/mol. The SMILES string of the molecule is O=C(C(=O)c1cc(Cl)ccc1Cl)c1ccc2c(c1)OCO2. The fourth-order valence-electron chi connectivity index (χ4n) is 1.96. The van der Waals surface area contributed by atoms with Crippen LogP contribution >= 0.6 is 23.2 Å². The van der Waals surface area contributed by atoms with Crippen molar-refractivity contribution < 1.29 is 19.1 Å². The van der Waals surface area contributed by atoms with Crippen LogP contribution in [0.5, 0.6) is 11.5 Å². The molecule has 1 aliphatic heterocycles. The summed E-state index contributed by atoms with van der Waals surface area (Å²) in [5.74, 6) is -0.426. The molecule has 0 N–H and O–H groups in total. The largest absolute Gasteiger partial charge is 0.454 e. The van der Waals surface area contributed by atoms with Crippen LogP contribution < -0.4 is 9.47 Å². The normalized spacial score (nSPS) is 12.3. The molecule has 0 saturated carbocycles. The first-order valence-electron chi connectivity index (χ1n) is 6.00. The van der Waals surface area contributed by atoms with Gasteiger partial charge in [0.2, 0.25) is 18.4 Å². The minimum Gasteiger partial charge on any atom is -0.454 e. The molecule has 3 rings (SSSR count). The molecule has 2 aromatic rings. The fraction of sp³-hybridized carbons (Fsp3) is 0.0667. The number of carbonyl (C=O) groups excluding carboxylic acids is 2. The molecule has 0 amide bonds. The highest BCUT2D eigenvalue weighted by atomic mass is 35.5. The minimum atomic E-state index is -0.721. The molecule has 0 atom stereocenters. The molecule has 0 saturated heterocycles. The van der Waals surface area contributed by atoms with E-state index in [2.05, 4.69) is 0 Å². The van der Waals surface area contributed by atoms with Gasteiger partial charge in [-0.15, -0.1) is 0 Å². The summed E-state index contributed by atoms with van der Waals surface area (Å²) >= 11 is 11.8. The van der Waals surface area contributed by atoms with E-state index in [0.29, 0.717) is 16.5 Å². The Bertz CT molecular complexity index is 755. The molecule has 0 aliphatic carbocycles. The van der Waals surface area contributed by atoms with Crippen molar-refractivity contribution in [2.45, 2.75) is 0 Å². The number of Topliss-reactive ketones (excluding diaryl/α,β-unsaturated/α-hetero) is 2. The number of fused-ring (bicyclic) bond motifs is 1. The molecule has 0 radical (unpaired) electrons. The molecule has 2 aromatic carbocycles. The Morgan fingerprint density at radius 3 is 2.48 bits per heavy atom. The third kappa shape index (κ3) is 2.60. The number of ether oxygens (including phenoxy) is 2. The zero-order valence-electron chi connectivity index (χ0n) is 10.6. The van der Waals surface area contributed by atoms with Crippen molar-refractivity contribution in [2.24, 2.45) is 0 Å². The Labute approximate surface area is 130 Å². The number of hydrogen-bond donors (Lipinski definition) is 0. The maximum Gasteiger partial charge on any atom is 0.235 e. The average Bonchev–Trinajstić information content (AvgIpc) is 2.95. The van der Waals surface area contributed by atoms with Gasteiger partial charge in [0.15, 0.2) is 11.5 Å². The zero-order chi connectivity index (χ0) is 15.0. The third-order valence-electron chi connectivity index (χ3n) is 3.01. The summed E-state index contributed by atoms with van der Waals surface area (Å²) in [5, 5.41) is 0.514. The first kappa shape index (κ1) is 13.9. The highest BCUT2D eigenvalue weighted by Gasteiger charge is 2.23. The van der Waals surface area contributed by atoms with Crippen molar-refractivity contribution in [3.05, 3.63) is 57.6 Å². The van der Waals surface area contributed by atoms with Crippen molar-refractivity contribution in [2.75, 3.05) is 6.79 Å². The van der Waals surface area contributed by atoms with Crippen LogP contribution in [0.3, 0.4) is 0 Å². The van der Waals surface area contributed by atoms with Gasteiger partial charge in [-0.25, -0.2) is 0 Å². The second-order valence-electron chi connectivity index (χ2n) is 4.35. The molecular weight excluding hydrogens is 315 g/mol. The van der Waals surface area contributed by atoms with Crippen molar-refractivity contribution in [3.8, 4) is 11.5 Å². The van der Waals surface area contributed by atoms with Crippen molar-refractivity contribution >= 4 is 34.8 Å². The Hall–Kier alpha value is -2.04. The number of benzene rings is 2. The molecule has 0 fully saturated rings. The van der Waals surface area contributed by atoms with E-state index < -0.39 is 11.6 Å². The molecule has 0 aromatic heterocycles. The topological polar surface area (TPSA) is 52.6 Å². The van der Waals surface area contributed by atoms with Crippen LogP contribution in [-0.2, 0) is 0 Å². The van der Waals surface area contributed by atoms with Gasteiger partial charge in [0.05, 0.1) is 5.02 Å². The summed E-state index contributed by atoms with van der Waals surface area (Å²) in [7, 11) is 0. The van der Waals surface area contributed by atoms with Crippen LogP contribution in [0, 0.1) is 0 Å². The van der Waals surface area contributed by atoms with Crippen molar-refractivity contribution in [1.29, 1.82) is 0 Å². The highest BCUT2D eigenvalue weighted by molar-refractivity contribution is 6.52. The number of rotatable bonds is 3. The average molecular weight is 323 g/mol. The van der Waals surface area contributed by atoms with Crippen LogP contribution in [0.1, 0.15) is 20.7 Å². The minimum absolute atomic E-state index is 0.0758. The molecule has 1 aliphatic rings. The van der Waals surface area contributed by atoms with E-state index in [1.54, 1.807) is 12.1 Å². The lowest BCUT2D eigenvalue weighted by Crippen LogP contribution is -2.15. The molecule has 1 heterocycles. The smallest absolute Gasteiger partial charge is 0.235 e. The van der Waals surface area contributed by atoms with E-state index in [0.717, 1.165) is 0 Å². The van der Waals surface area contributed by atoms with Gasteiger partial charge in [-0.3, -0.25) is 9.59 Å². The molecule has 21 heavy (non-hydrogen) atoms. The summed E-state index contributed by atoms with van der Waals surface area (Å²) in [6, 6.07) is 8.96. The van der Waals surface area contributed by atoms with Crippen LogP contribution in [0.15, 0.2) is 36.4 Å². The quantitative estimate of drug-likeness (QED) is 0.637. The Balaban J connectivity index is 1.94. The summed E-state index contributed by atoms with van der Waals surface area (Å²) in [6.45, 7) is 0.0983. The van der Waals surface area contributed by atoms with Gasteiger partial charge >= 0.3 is 0 Å². The van der Waals surface area contributed by atoms with Crippen molar-refractivity contribution in [1.82, 2.24) is 0 Å². The lowest BCUT2D eigenvalue weighted by Gasteiger charge is -2.04. The standard InChI is InChI=1S/C15H8Cl2O4/c16-9-2-3-11(17)10(6-9)15(19)14(18)8-1-4-12-13(5-8)21-7-20-12/h1-6H,7H2. The van der Waals surface area contributed by atoms with Gasteiger partial charge < -0.3 is 9.47 Å². The van der Waals surface area contributed by atoms with Crippen molar-refractivity contribution in [3.63, 3.8) is 0 Å². The Kier molecular flexibility index (Phi) is 3.57. The van der Waals surface area contributed by atoms with E-state index in [9.17, 15) is 9.59 Å². The molecule has 106 valence electrons. The van der Waals surface area contributed by atoms with Gasteiger partial charge in [-0.2, -0.15) is 0 Å². The predicted octanol–water partition coefficient (Wildman–Crippen LogP) is 3.79. The number of carbonyl (C=O) groups is 2. The second kappa shape index (κ2) is 5.39. The lowest BCUT2D eigenvalue weighted by atomic mass is 10.0. The summed E-state index contributed by atoms with van der Waals surface area (Å²) in [4.78, 5) is 24.5. The maximum absolute atomic E-state index is 12.3. The Morgan fingerprint density at radius 2 is 1.67 bits per heavy atom. The number of halogens is 2. The van der Waals surface area contributed by atoms with Crippen LogP contribution in [-0.4, -0.2) is 18.4 Å². The van der Waals surface area contributed by atoms with E-state index in [-0.39, 0.29) is 22.9 Å². The maximum atomic E-state index is 12.3. The summed E-state index contributed by atoms with van der Waals surface area (Å²) < 4.78 is 10.3. The van der Waals surface area contributed by atoms with E-state index >= 15 is 0 Å².